The highest BCUT2D eigenvalue weighted by Crippen LogP contribution is 2.21. The van der Waals surface area contributed by atoms with Gasteiger partial charge < -0.3 is 24.4 Å². The Kier molecular flexibility index (Phi) is 9.36. The fourth-order valence-corrected chi connectivity index (χ4v) is 3.43. The zero-order valence-corrected chi connectivity index (χ0v) is 18.3. The van der Waals surface area contributed by atoms with Crippen LogP contribution in [-0.2, 0) is 16.0 Å². The van der Waals surface area contributed by atoms with Crippen molar-refractivity contribution in [2.45, 2.75) is 31.6 Å². The molecule has 2 atom stereocenters. The molecular formula is C20H30IN3O3. The summed E-state index contributed by atoms with van der Waals surface area (Å²) in [6.07, 6.45) is 4.29. The van der Waals surface area contributed by atoms with Gasteiger partial charge in [0.25, 0.3) is 0 Å². The maximum Gasteiger partial charge on any atom is 0.194 e. The van der Waals surface area contributed by atoms with Gasteiger partial charge in [0, 0.05) is 38.9 Å². The third kappa shape index (κ3) is 6.08. The van der Waals surface area contributed by atoms with Crippen LogP contribution in [-0.4, -0.2) is 63.0 Å². The Balaban J connectivity index is 0.00000261. The average Bonchev–Trinajstić information content (AvgIpc) is 3.23. The number of ether oxygens (including phenoxy) is 3. The summed E-state index contributed by atoms with van der Waals surface area (Å²) in [4.78, 5) is 6.71. The molecule has 3 rings (SSSR count). The maximum absolute atomic E-state index is 5.93. The summed E-state index contributed by atoms with van der Waals surface area (Å²) in [6, 6.07) is 8.03. The highest BCUT2D eigenvalue weighted by Gasteiger charge is 2.32. The van der Waals surface area contributed by atoms with Crippen molar-refractivity contribution in [2.24, 2.45) is 4.99 Å². The van der Waals surface area contributed by atoms with E-state index in [0.717, 1.165) is 49.8 Å². The van der Waals surface area contributed by atoms with Gasteiger partial charge in [-0.25, -0.2) is 0 Å². The maximum atomic E-state index is 5.93. The van der Waals surface area contributed by atoms with Crippen LogP contribution >= 0.6 is 24.0 Å². The molecule has 27 heavy (non-hydrogen) atoms. The van der Waals surface area contributed by atoms with E-state index in [-0.39, 0.29) is 36.2 Å². The minimum Gasteiger partial charge on any atom is -0.489 e. The quantitative estimate of drug-likeness (QED) is 0.290. The Labute approximate surface area is 179 Å². The lowest BCUT2D eigenvalue weighted by molar-refractivity contribution is -0.0817. The minimum absolute atomic E-state index is 0. The van der Waals surface area contributed by atoms with Crippen LogP contribution in [0.3, 0.4) is 0 Å². The van der Waals surface area contributed by atoms with Crippen molar-refractivity contribution in [3.63, 3.8) is 0 Å². The van der Waals surface area contributed by atoms with Crippen LogP contribution in [0.1, 0.15) is 18.4 Å². The summed E-state index contributed by atoms with van der Waals surface area (Å²) in [6.45, 7) is 8.04. The van der Waals surface area contributed by atoms with Crippen LogP contribution < -0.4 is 10.1 Å². The number of nitrogens with one attached hydrogen (secondary N) is 1. The lowest BCUT2D eigenvalue weighted by atomic mass is 10.1. The summed E-state index contributed by atoms with van der Waals surface area (Å²) < 4.78 is 17.5. The van der Waals surface area contributed by atoms with Crippen LogP contribution in [0.25, 0.3) is 0 Å². The van der Waals surface area contributed by atoms with E-state index in [0.29, 0.717) is 19.8 Å². The van der Waals surface area contributed by atoms with Crippen molar-refractivity contribution >= 4 is 29.9 Å². The van der Waals surface area contributed by atoms with Gasteiger partial charge in [0.2, 0.25) is 0 Å². The van der Waals surface area contributed by atoms with E-state index in [1.807, 2.05) is 25.2 Å². The summed E-state index contributed by atoms with van der Waals surface area (Å²) in [5.74, 6) is 1.75. The van der Waals surface area contributed by atoms with E-state index >= 15 is 0 Å². The van der Waals surface area contributed by atoms with Gasteiger partial charge in [0.1, 0.15) is 18.5 Å². The van der Waals surface area contributed by atoms with Crippen LogP contribution in [0, 0.1) is 0 Å². The fourth-order valence-electron chi connectivity index (χ4n) is 3.43. The molecule has 6 nitrogen and oxygen atoms in total. The molecule has 0 aromatic heterocycles. The molecule has 0 radical (unpaired) electrons. The van der Waals surface area contributed by atoms with Gasteiger partial charge in [-0.1, -0.05) is 30.9 Å². The zero-order chi connectivity index (χ0) is 18.2. The number of aliphatic imine (C=N–C) groups is 1. The molecule has 0 spiro atoms. The minimum atomic E-state index is 0. The van der Waals surface area contributed by atoms with Gasteiger partial charge in [0.05, 0.1) is 12.7 Å². The van der Waals surface area contributed by atoms with Gasteiger partial charge in [-0.2, -0.15) is 0 Å². The van der Waals surface area contributed by atoms with Gasteiger partial charge in [-0.15, -0.1) is 24.0 Å². The number of halogens is 1. The predicted molar refractivity (Wildman–Crippen MR) is 118 cm³/mol. The van der Waals surface area contributed by atoms with Crippen molar-refractivity contribution in [1.82, 2.24) is 10.2 Å². The monoisotopic (exact) mass is 487 g/mol. The van der Waals surface area contributed by atoms with Crippen LogP contribution in [0.15, 0.2) is 41.9 Å². The van der Waals surface area contributed by atoms with Crippen LogP contribution in [0.4, 0.5) is 0 Å². The molecule has 2 aliphatic heterocycles. The third-order valence-electron chi connectivity index (χ3n) is 4.75. The molecule has 7 heteroatoms. The van der Waals surface area contributed by atoms with E-state index < -0.39 is 0 Å². The Morgan fingerprint density at radius 3 is 2.89 bits per heavy atom. The van der Waals surface area contributed by atoms with Crippen molar-refractivity contribution < 1.29 is 14.2 Å². The largest absolute Gasteiger partial charge is 0.489 e. The fraction of sp³-hybridized carbons (Fsp3) is 0.550. The predicted octanol–water partition coefficient (Wildman–Crippen LogP) is 2.82. The van der Waals surface area contributed by atoms with Crippen molar-refractivity contribution in [3.8, 4) is 5.75 Å². The smallest absolute Gasteiger partial charge is 0.194 e. The highest BCUT2D eigenvalue weighted by atomic mass is 127. The number of morpholine rings is 1. The molecule has 2 heterocycles. The topological polar surface area (TPSA) is 55.3 Å². The van der Waals surface area contributed by atoms with Gasteiger partial charge >= 0.3 is 0 Å². The molecule has 2 saturated heterocycles. The van der Waals surface area contributed by atoms with E-state index in [9.17, 15) is 0 Å². The summed E-state index contributed by atoms with van der Waals surface area (Å²) >= 11 is 0. The molecular weight excluding hydrogens is 457 g/mol. The first kappa shape index (κ1) is 22.0. The zero-order valence-electron chi connectivity index (χ0n) is 15.9. The third-order valence-corrected chi connectivity index (χ3v) is 4.75. The molecule has 1 aromatic carbocycles. The van der Waals surface area contributed by atoms with Gasteiger partial charge in [-0.05, 0) is 18.9 Å². The van der Waals surface area contributed by atoms with Crippen LogP contribution in [0.5, 0.6) is 5.75 Å². The standard InChI is InChI=1S/C20H29N3O3.HI/c1-3-11-24-17-8-5-4-7-16(17)14-22-20(21-2)23-10-13-26-19(15-23)18-9-6-12-25-18;/h3-5,7-8,18-19H,1,6,9-15H2,2H3,(H,21,22);1H. The van der Waals surface area contributed by atoms with Crippen molar-refractivity contribution in [2.75, 3.05) is 40.0 Å². The molecule has 2 fully saturated rings. The SMILES string of the molecule is C=CCOc1ccccc1CNC(=NC)N1CCOC(C2CCCO2)C1.I. The Morgan fingerprint density at radius 1 is 1.33 bits per heavy atom. The van der Waals surface area contributed by atoms with Crippen molar-refractivity contribution in [3.05, 3.63) is 42.5 Å². The first-order chi connectivity index (χ1) is 12.8. The molecule has 150 valence electrons. The van der Waals surface area contributed by atoms with Crippen LogP contribution in [0.2, 0.25) is 0 Å². The molecule has 1 N–H and O–H groups in total. The molecule has 0 amide bonds. The van der Waals surface area contributed by atoms with E-state index in [1.54, 1.807) is 6.08 Å². The van der Waals surface area contributed by atoms with Crippen molar-refractivity contribution in [1.29, 1.82) is 0 Å². The highest BCUT2D eigenvalue weighted by molar-refractivity contribution is 14.0. The summed E-state index contributed by atoms with van der Waals surface area (Å²) in [7, 11) is 1.82. The normalized spacial score (nSPS) is 22.9. The first-order valence-corrected chi connectivity index (χ1v) is 9.32. The molecule has 1 aromatic rings. The summed E-state index contributed by atoms with van der Waals surface area (Å²) in [5.41, 5.74) is 1.10. The van der Waals surface area contributed by atoms with E-state index in [2.05, 4.69) is 27.9 Å². The molecule has 2 aliphatic rings. The lowest BCUT2D eigenvalue weighted by Gasteiger charge is -2.37. The number of hydrogen-bond donors (Lipinski definition) is 1. The second-order valence-corrected chi connectivity index (χ2v) is 6.51. The van der Waals surface area contributed by atoms with E-state index in [1.165, 1.54) is 0 Å². The second kappa shape index (κ2) is 11.5. The first-order valence-electron chi connectivity index (χ1n) is 9.32. The molecule has 0 saturated carbocycles. The number of guanidine groups is 1. The van der Waals surface area contributed by atoms with Gasteiger partial charge in [-0.3, -0.25) is 4.99 Å². The Hall–Kier alpha value is -1.32. The molecule has 2 unspecified atom stereocenters. The number of benzene rings is 1. The number of rotatable bonds is 6. The number of para-hydroxylation sites is 1. The molecule has 0 bridgehead atoms. The average molecular weight is 487 g/mol. The second-order valence-electron chi connectivity index (χ2n) is 6.51. The molecule has 0 aliphatic carbocycles. The number of hydrogen-bond acceptors (Lipinski definition) is 4. The lowest BCUT2D eigenvalue weighted by Crippen LogP contribution is -2.53. The Morgan fingerprint density at radius 2 is 2.15 bits per heavy atom. The van der Waals surface area contributed by atoms with Gasteiger partial charge in [0.15, 0.2) is 5.96 Å². The Bertz CT molecular complexity index is 620. The summed E-state index contributed by atoms with van der Waals surface area (Å²) in [5, 5.41) is 3.46. The van der Waals surface area contributed by atoms with E-state index in [4.69, 9.17) is 14.2 Å². The number of nitrogens with zero attached hydrogens (tertiary/aromatic N) is 2.